The van der Waals surface area contributed by atoms with Crippen molar-refractivity contribution in [2.45, 2.75) is 13.0 Å². The van der Waals surface area contributed by atoms with Crippen molar-refractivity contribution in [3.05, 3.63) is 18.2 Å². The lowest BCUT2D eigenvalue weighted by atomic mass is 10.2. The van der Waals surface area contributed by atoms with E-state index in [4.69, 9.17) is 14.6 Å². The molecule has 0 aromatic heterocycles. The number of aliphatic hydroxyl groups is 1. The van der Waals surface area contributed by atoms with Crippen LogP contribution in [-0.4, -0.2) is 31.0 Å². The summed E-state index contributed by atoms with van der Waals surface area (Å²) in [5, 5.41) is 12.2. The number of ether oxygens (including phenoxy) is 2. The molecule has 4 heteroatoms. The van der Waals surface area contributed by atoms with Gasteiger partial charge in [0, 0.05) is 18.3 Å². The molecule has 15 heavy (non-hydrogen) atoms. The molecule has 4 nitrogen and oxygen atoms in total. The van der Waals surface area contributed by atoms with E-state index in [1.165, 1.54) is 0 Å². The first kappa shape index (κ1) is 10.1. The second kappa shape index (κ2) is 4.40. The largest absolute Gasteiger partial charge is 0.486 e. The van der Waals surface area contributed by atoms with Crippen LogP contribution in [0.25, 0.3) is 0 Å². The molecule has 0 fully saturated rings. The molecule has 0 bridgehead atoms. The second-order valence-corrected chi connectivity index (χ2v) is 3.59. The van der Waals surface area contributed by atoms with Crippen molar-refractivity contribution in [1.82, 2.24) is 0 Å². The molecule has 2 N–H and O–H groups in total. The summed E-state index contributed by atoms with van der Waals surface area (Å²) < 4.78 is 10.8. The van der Waals surface area contributed by atoms with Crippen LogP contribution in [0.1, 0.15) is 6.92 Å². The fourth-order valence-corrected chi connectivity index (χ4v) is 1.42. The van der Waals surface area contributed by atoms with Crippen LogP contribution in [-0.2, 0) is 0 Å². The molecule has 1 aromatic carbocycles. The Bertz CT molecular complexity index is 339. The minimum Gasteiger partial charge on any atom is -0.486 e. The summed E-state index contributed by atoms with van der Waals surface area (Å²) in [6.45, 7) is 3.46. The van der Waals surface area contributed by atoms with Gasteiger partial charge < -0.3 is 19.9 Å². The summed E-state index contributed by atoms with van der Waals surface area (Å²) in [7, 11) is 0. The van der Waals surface area contributed by atoms with Gasteiger partial charge in [-0.1, -0.05) is 0 Å². The van der Waals surface area contributed by atoms with Gasteiger partial charge in [0.15, 0.2) is 11.5 Å². The predicted molar refractivity (Wildman–Crippen MR) is 57.6 cm³/mol. The third-order valence-corrected chi connectivity index (χ3v) is 2.14. The molecule has 0 unspecified atom stereocenters. The first-order valence-electron chi connectivity index (χ1n) is 5.07. The Morgan fingerprint density at radius 1 is 1.33 bits per heavy atom. The number of benzene rings is 1. The van der Waals surface area contributed by atoms with E-state index in [-0.39, 0.29) is 6.10 Å². The zero-order valence-corrected chi connectivity index (χ0v) is 8.69. The summed E-state index contributed by atoms with van der Waals surface area (Å²) in [5.41, 5.74) is 0.931. The smallest absolute Gasteiger partial charge is 0.163 e. The third-order valence-electron chi connectivity index (χ3n) is 2.14. The number of hydrogen-bond acceptors (Lipinski definition) is 4. The molecule has 2 rings (SSSR count). The van der Waals surface area contributed by atoms with E-state index in [2.05, 4.69) is 5.32 Å². The van der Waals surface area contributed by atoms with Crippen molar-refractivity contribution >= 4 is 5.69 Å². The van der Waals surface area contributed by atoms with E-state index in [0.29, 0.717) is 19.8 Å². The Kier molecular flexibility index (Phi) is 2.97. The average Bonchev–Trinajstić information content (AvgIpc) is 2.26. The van der Waals surface area contributed by atoms with Gasteiger partial charge in [-0.05, 0) is 19.1 Å². The van der Waals surface area contributed by atoms with Crippen LogP contribution < -0.4 is 14.8 Å². The van der Waals surface area contributed by atoms with E-state index in [1.54, 1.807) is 6.92 Å². The van der Waals surface area contributed by atoms with Gasteiger partial charge in [-0.2, -0.15) is 0 Å². The third kappa shape index (κ3) is 2.53. The monoisotopic (exact) mass is 209 g/mol. The zero-order chi connectivity index (χ0) is 10.7. The quantitative estimate of drug-likeness (QED) is 0.786. The standard InChI is InChI=1S/C11H15NO3/c1-8(13)7-12-9-2-3-10-11(6-9)15-5-4-14-10/h2-3,6,8,12-13H,4-5,7H2,1H3/t8-/m0/s1. The number of hydrogen-bond donors (Lipinski definition) is 2. The summed E-state index contributed by atoms with van der Waals surface area (Å²) >= 11 is 0. The molecule has 0 spiro atoms. The fourth-order valence-electron chi connectivity index (χ4n) is 1.42. The first-order chi connectivity index (χ1) is 7.25. The highest BCUT2D eigenvalue weighted by Gasteiger charge is 2.11. The Labute approximate surface area is 88.8 Å². The Morgan fingerprint density at radius 2 is 2.07 bits per heavy atom. The second-order valence-electron chi connectivity index (χ2n) is 3.59. The summed E-state index contributed by atoms with van der Waals surface area (Å²) in [4.78, 5) is 0. The topological polar surface area (TPSA) is 50.7 Å². The summed E-state index contributed by atoms with van der Waals surface area (Å²) in [5.74, 6) is 1.54. The highest BCUT2D eigenvalue weighted by molar-refractivity contribution is 5.55. The van der Waals surface area contributed by atoms with Gasteiger partial charge in [0.1, 0.15) is 13.2 Å². The van der Waals surface area contributed by atoms with E-state index < -0.39 is 0 Å². The van der Waals surface area contributed by atoms with Gasteiger partial charge in [0.2, 0.25) is 0 Å². The molecular formula is C11H15NO3. The van der Waals surface area contributed by atoms with Crippen LogP contribution in [0, 0.1) is 0 Å². The van der Waals surface area contributed by atoms with E-state index in [9.17, 15) is 0 Å². The molecular weight excluding hydrogens is 194 g/mol. The molecule has 82 valence electrons. The Balaban J connectivity index is 2.07. The lowest BCUT2D eigenvalue weighted by molar-refractivity contribution is 0.171. The highest BCUT2D eigenvalue weighted by Crippen LogP contribution is 2.32. The van der Waals surface area contributed by atoms with Gasteiger partial charge in [0.25, 0.3) is 0 Å². The van der Waals surface area contributed by atoms with E-state index >= 15 is 0 Å². The number of rotatable bonds is 3. The normalized spacial score (nSPS) is 15.9. The van der Waals surface area contributed by atoms with Crippen molar-refractivity contribution < 1.29 is 14.6 Å². The van der Waals surface area contributed by atoms with Gasteiger partial charge in [0.05, 0.1) is 6.10 Å². The molecule has 0 aliphatic carbocycles. The van der Waals surface area contributed by atoms with Crippen LogP contribution in [0.2, 0.25) is 0 Å². The van der Waals surface area contributed by atoms with Crippen LogP contribution in [0.15, 0.2) is 18.2 Å². The molecule has 1 aliphatic rings. The van der Waals surface area contributed by atoms with Gasteiger partial charge in [-0.25, -0.2) is 0 Å². The average molecular weight is 209 g/mol. The predicted octanol–water partition coefficient (Wildman–Crippen LogP) is 1.25. The minimum atomic E-state index is -0.363. The minimum absolute atomic E-state index is 0.363. The molecule has 1 atom stereocenters. The molecule has 1 heterocycles. The van der Waals surface area contributed by atoms with Gasteiger partial charge in [-0.15, -0.1) is 0 Å². The Morgan fingerprint density at radius 3 is 2.80 bits per heavy atom. The van der Waals surface area contributed by atoms with Crippen LogP contribution in [0.4, 0.5) is 5.69 Å². The molecule has 0 saturated heterocycles. The number of aliphatic hydroxyl groups excluding tert-OH is 1. The maximum atomic E-state index is 9.13. The van der Waals surface area contributed by atoms with Crippen molar-refractivity contribution in [1.29, 1.82) is 0 Å². The van der Waals surface area contributed by atoms with Crippen molar-refractivity contribution in [3.63, 3.8) is 0 Å². The molecule has 0 saturated carbocycles. The Hall–Kier alpha value is -1.42. The van der Waals surface area contributed by atoms with E-state index in [1.807, 2.05) is 18.2 Å². The van der Waals surface area contributed by atoms with E-state index in [0.717, 1.165) is 17.2 Å². The lowest BCUT2D eigenvalue weighted by Gasteiger charge is -2.19. The molecule has 1 aliphatic heterocycles. The highest BCUT2D eigenvalue weighted by atomic mass is 16.6. The van der Waals surface area contributed by atoms with Crippen molar-refractivity contribution in [3.8, 4) is 11.5 Å². The summed E-state index contributed by atoms with van der Waals surface area (Å²) in [6, 6.07) is 5.67. The maximum Gasteiger partial charge on any atom is 0.163 e. The number of fused-ring (bicyclic) bond motifs is 1. The maximum absolute atomic E-state index is 9.13. The van der Waals surface area contributed by atoms with Crippen molar-refractivity contribution in [2.24, 2.45) is 0 Å². The lowest BCUT2D eigenvalue weighted by Crippen LogP contribution is -2.17. The van der Waals surface area contributed by atoms with Crippen LogP contribution in [0.5, 0.6) is 11.5 Å². The van der Waals surface area contributed by atoms with Gasteiger partial charge >= 0.3 is 0 Å². The van der Waals surface area contributed by atoms with Crippen LogP contribution in [0.3, 0.4) is 0 Å². The zero-order valence-electron chi connectivity index (χ0n) is 8.69. The SMILES string of the molecule is C[C@H](O)CNc1ccc2c(c1)OCCO2. The fraction of sp³-hybridized carbons (Fsp3) is 0.455. The van der Waals surface area contributed by atoms with Gasteiger partial charge in [-0.3, -0.25) is 0 Å². The molecule has 1 aromatic rings. The summed E-state index contributed by atoms with van der Waals surface area (Å²) in [6.07, 6.45) is -0.363. The van der Waals surface area contributed by atoms with Crippen LogP contribution >= 0.6 is 0 Å². The number of nitrogens with one attached hydrogen (secondary N) is 1. The first-order valence-corrected chi connectivity index (χ1v) is 5.07. The van der Waals surface area contributed by atoms with Crippen molar-refractivity contribution in [2.75, 3.05) is 25.1 Å². The number of anilines is 1. The molecule has 0 amide bonds. The molecule has 0 radical (unpaired) electrons.